The van der Waals surface area contributed by atoms with Gasteiger partial charge in [-0.05, 0) is 42.2 Å². The van der Waals surface area contributed by atoms with Crippen LogP contribution in [0.25, 0.3) is 0 Å². The minimum absolute atomic E-state index is 0. The quantitative estimate of drug-likeness (QED) is 0.634. The van der Waals surface area contributed by atoms with Gasteiger partial charge in [-0.1, -0.05) is 48.4 Å². The maximum atomic E-state index is 13.1. The molecule has 0 bridgehead atoms. The predicted octanol–water partition coefficient (Wildman–Crippen LogP) is 3.88. The van der Waals surface area contributed by atoms with E-state index in [1.165, 1.54) is 11.1 Å². The fourth-order valence-electron chi connectivity index (χ4n) is 5.91. The number of hydrogen-bond donors (Lipinski definition) is 0. The molecule has 4 nitrogen and oxygen atoms in total. The molecule has 1 spiro atoms. The predicted molar refractivity (Wildman–Crippen MR) is 118 cm³/mol. The normalized spacial score (nSPS) is 28.9. The van der Waals surface area contributed by atoms with Crippen LogP contribution in [0, 0.1) is 18.8 Å². The number of amides is 1. The van der Waals surface area contributed by atoms with Gasteiger partial charge in [-0.25, -0.2) is 0 Å². The van der Waals surface area contributed by atoms with Crippen LogP contribution in [-0.4, -0.2) is 36.7 Å². The van der Waals surface area contributed by atoms with Gasteiger partial charge in [-0.2, -0.15) is 0 Å². The molecule has 2 aliphatic carbocycles. The number of rotatable bonds is 2. The fraction of sp³-hybridized carbons (Fsp3) is 0.308. The summed E-state index contributed by atoms with van der Waals surface area (Å²) in [7, 11) is 1.72. The minimum atomic E-state index is -0.500. The number of nitrogens with zero attached hydrogens (tertiary/aromatic N) is 2. The third kappa shape index (κ3) is 2.82. The van der Waals surface area contributed by atoms with Crippen molar-refractivity contribution in [2.45, 2.75) is 30.3 Å². The summed E-state index contributed by atoms with van der Waals surface area (Å²) in [5, 5.41) is 0. The molecule has 31 heavy (non-hydrogen) atoms. The van der Waals surface area contributed by atoms with E-state index in [1.807, 2.05) is 41.7 Å². The van der Waals surface area contributed by atoms with E-state index in [1.54, 1.807) is 7.11 Å². The molecule has 3 heterocycles. The number of piperidine rings is 1. The summed E-state index contributed by atoms with van der Waals surface area (Å²) in [6.07, 6.45) is 22.3. The molecule has 2 radical (unpaired) electrons. The zero-order valence-electron chi connectivity index (χ0n) is 17.5. The smallest absolute Gasteiger partial charge is 0.229 e. The van der Waals surface area contributed by atoms with Crippen LogP contribution < -0.4 is 4.90 Å². The monoisotopic (exact) mass is 456 g/mol. The topological polar surface area (TPSA) is 32.8 Å². The number of fused-ring (bicyclic) bond motifs is 2. The van der Waals surface area contributed by atoms with Gasteiger partial charge in [0, 0.05) is 36.2 Å². The van der Waals surface area contributed by atoms with E-state index in [0.29, 0.717) is 13.0 Å². The Labute approximate surface area is 194 Å². The fourth-order valence-corrected chi connectivity index (χ4v) is 5.91. The molecule has 1 aromatic rings. The van der Waals surface area contributed by atoms with Crippen LogP contribution in [-0.2, 0) is 31.7 Å². The van der Waals surface area contributed by atoms with Crippen LogP contribution in [0.2, 0.25) is 0 Å². The zero-order valence-corrected chi connectivity index (χ0v) is 18.5. The Morgan fingerprint density at radius 3 is 2.61 bits per heavy atom. The van der Waals surface area contributed by atoms with Crippen molar-refractivity contribution in [1.29, 1.82) is 0 Å². The molecule has 0 aromatic heterocycles. The summed E-state index contributed by atoms with van der Waals surface area (Å²) >= 11 is 0. The van der Waals surface area contributed by atoms with Crippen molar-refractivity contribution in [3.05, 3.63) is 84.0 Å². The maximum Gasteiger partial charge on any atom is 0.229 e. The van der Waals surface area contributed by atoms with Gasteiger partial charge in [-0.15, -0.1) is 6.42 Å². The Kier molecular flexibility index (Phi) is 5.74. The molecule has 2 fully saturated rings. The third-order valence-electron chi connectivity index (χ3n) is 6.89. The second kappa shape index (κ2) is 8.20. The van der Waals surface area contributed by atoms with Gasteiger partial charge in [0.25, 0.3) is 0 Å². The van der Waals surface area contributed by atoms with E-state index >= 15 is 0 Å². The number of benzene rings is 1. The van der Waals surface area contributed by atoms with Crippen molar-refractivity contribution >= 4 is 11.6 Å². The van der Waals surface area contributed by atoms with Crippen LogP contribution >= 0.6 is 0 Å². The molecular formula is C26H25CoN2O2. The first-order chi connectivity index (χ1) is 14.7. The number of allylic oxidation sites excluding steroid dienone is 5. The van der Waals surface area contributed by atoms with Crippen LogP contribution in [0.3, 0.4) is 0 Å². The first kappa shape index (κ1) is 21.7. The van der Waals surface area contributed by atoms with E-state index < -0.39 is 5.66 Å². The summed E-state index contributed by atoms with van der Waals surface area (Å²) in [4.78, 5) is 17.4. The maximum absolute atomic E-state index is 13.1. The van der Waals surface area contributed by atoms with E-state index in [0.717, 1.165) is 30.8 Å². The van der Waals surface area contributed by atoms with Crippen molar-refractivity contribution < 1.29 is 26.3 Å². The van der Waals surface area contributed by atoms with Crippen LogP contribution in [0.15, 0.2) is 72.1 Å². The summed E-state index contributed by atoms with van der Waals surface area (Å²) in [5.41, 5.74) is 2.69. The van der Waals surface area contributed by atoms with Gasteiger partial charge in [0.05, 0.1) is 24.8 Å². The number of ether oxygens (including phenoxy) is 1. The number of carbonyl (C=O) groups is 1. The number of terminal acetylenes is 1. The van der Waals surface area contributed by atoms with Gasteiger partial charge in [0.1, 0.15) is 11.4 Å². The molecular weight excluding hydrogens is 431 g/mol. The molecule has 0 unspecified atom stereocenters. The van der Waals surface area contributed by atoms with Crippen molar-refractivity contribution in [3.8, 4) is 12.3 Å². The molecule has 2 saturated heterocycles. The molecule has 0 saturated carbocycles. The number of anilines is 1. The minimum Gasteiger partial charge on any atom is -0.497 e. The van der Waals surface area contributed by atoms with E-state index in [2.05, 4.69) is 41.2 Å². The van der Waals surface area contributed by atoms with E-state index in [4.69, 9.17) is 11.2 Å². The first-order valence-corrected chi connectivity index (χ1v) is 10.4. The van der Waals surface area contributed by atoms with Crippen molar-refractivity contribution in [2.24, 2.45) is 0 Å². The average Bonchev–Trinajstić information content (AvgIpc) is 3.49. The average molecular weight is 456 g/mol. The molecule has 1 amide bonds. The number of hydrogen-bond acceptors (Lipinski definition) is 3. The number of para-hydroxylation sites is 1. The SMILES string of the molecule is C#CCN1CC[C@]23C=C(OC)C=C4CCC(=O)N(c5ccccc52)[C@]413.[CH]1C=CC=C1.[Co]. The van der Waals surface area contributed by atoms with Crippen molar-refractivity contribution in [1.82, 2.24) is 4.90 Å². The standard InChI is InChI=1S/C21H20N2O2.C5H5.Co/c1-3-11-22-12-10-20-14-16(25-2)13-15-8-9-19(24)23(21(15,20)22)18-7-5-4-6-17(18)20;1-2-4-5-3-1;/h1,4-7,13-14H,8-12H2,2H3;1-5H;/t20-,21-;;/m0../s1. The summed E-state index contributed by atoms with van der Waals surface area (Å²) in [6, 6.07) is 8.30. The van der Waals surface area contributed by atoms with Crippen molar-refractivity contribution in [2.75, 3.05) is 25.1 Å². The molecule has 6 rings (SSSR count). The Morgan fingerprint density at radius 2 is 1.94 bits per heavy atom. The second-order valence-corrected chi connectivity index (χ2v) is 8.15. The van der Waals surface area contributed by atoms with E-state index in [9.17, 15) is 4.79 Å². The molecule has 2 atom stereocenters. The summed E-state index contributed by atoms with van der Waals surface area (Å²) < 4.78 is 5.65. The van der Waals surface area contributed by atoms with E-state index in [-0.39, 0.29) is 28.1 Å². The Morgan fingerprint density at radius 1 is 1.16 bits per heavy atom. The summed E-state index contributed by atoms with van der Waals surface area (Å²) in [6.45, 7) is 1.40. The largest absolute Gasteiger partial charge is 0.497 e. The van der Waals surface area contributed by atoms with Crippen LogP contribution in [0.5, 0.6) is 0 Å². The summed E-state index contributed by atoms with van der Waals surface area (Å²) in [5.74, 6) is 3.88. The van der Waals surface area contributed by atoms with Gasteiger partial charge in [0.2, 0.25) is 5.91 Å². The second-order valence-electron chi connectivity index (χ2n) is 8.15. The van der Waals surface area contributed by atoms with Crippen LogP contribution in [0.4, 0.5) is 5.69 Å². The first-order valence-electron chi connectivity index (χ1n) is 10.4. The Hall–Kier alpha value is -2.52. The number of methoxy groups -OCH3 is 1. The molecule has 1 aromatic carbocycles. The molecule has 5 aliphatic rings. The van der Waals surface area contributed by atoms with Crippen LogP contribution in [0.1, 0.15) is 24.8 Å². The number of carbonyl (C=O) groups excluding carboxylic acids is 1. The Balaban J connectivity index is 0.000000342. The van der Waals surface area contributed by atoms with Gasteiger partial charge in [-0.3, -0.25) is 14.6 Å². The van der Waals surface area contributed by atoms with Crippen molar-refractivity contribution in [3.63, 3.8) is 0 Å². The molecule has 3 aliphatic heterocycles. The molecule has 160 valence electrons. The van der Waals surface area contributed by atoms with Gasteiger partial charge in [0.15, 0.2) is 0 Å². The number of likely N-dealkylation sites (tertiary alicyclic amines) is 1. The zero-order chi connectivity index (χ0) is 20.8. The molecule has 0 N–H and O–H groups in total. The van der Waals surface area contributed by atoms with Gasteiger partial charge >= 0.3 is 0 Å². The Bertz CT molecular complexity index is 1050. The van der Waals surface area contributed by atoms with Gasteiger partial charge < -0.3 is 4.74 Å². The molecule has 5 heteroatoms. The third-order valence-corrected chi connectivity index (χ3v) is 6.89.